The molecule has 4 nitrogen and oxygen atoms in total. The molecule has 0 saturated heterocycles. The average Bonchev–Trinajstić information content (AvgIpc) is 2.68. The van der Waals surface area contributed by atoms with Gasteiger partial charge in [-0.15, -0.1) is 0 Å². The topological polar surface area (TPSA) is 50.9 Å². The van der Waals surface area contributed by atoms with E-state index < -0.39 is 0 Å². The van der Waals surface area contributed by atoms with Crippen LogP contribution in [0.1, 0.15) is 13.8 Å². The Morgan fingerprint density at radius 3 is 2.65 bits per heavy atom. The Morgan fingerprint density at radius 1 is 1.41 bits per heavy atom. The summed E-state index contributed by atoms with van der Waals surface area (Å²) in [6, 6.07) is 10.6. The van der Waals surface area contributed by atoms with Crippen LogP contribution >= 0.6 is 0 Å². The molecule has 0 aliphatic carbocycles. The third-order valence-electron chi connectivity index (χ3n) is 2.95. The van der Waals surface area contributed by atoms with Crippen molar-refractivity contribution in [2.45, 2.75) is 19.4 Å². The predicted molar refractivity (Wildman–Crippen MR) is 70.3 cm³/mol. The maximum atomic E-state index is 5.58. The van der Waals surface area contributed by atoms with E-state index in [0.717, 1.165) is 13.1 Å². The van der Waals surface area contributed by atoms with Crippen molar-refractivity contribution in [1.29, 1.82) is 0 Å². The maximum Gasteiger partial charge on any atom is 0.282 e. The third kappa shape index (κ3) is 2.70. The lowest BCUT2D eigenvalue weighted by Gasteiger charge is -2.30. The number of rotatable bonds is 4. The summed E-state index contributed by atoms with van der Waals surface area (Å²) in [5.41, 5.74) is 6.54. The minimum Gasteiger partial charge on any atom is -0.463 e. The van der Waals surface area contributed by atoms with Gasteiger partial charge in [0.1, 0.15) is 12.1 Å². The minimum atomic E-state index is -0.240. The summed E-state index contributed by atoms with van der Waals surface area (Å²) in [5.74, 6) is 0. The van der Waals surface area contributed by atoms with Crippen molar-refractivity contribution in [3.8, 4) is 0 Å². The molecule has 0 radical (unpaired) electrons. The minimum absolute atomic E-state index is 0.240. The van der Waals surface area contributed by atoms with E-state index >= 15 is 0 Å². The van der Waals surface area contributed by atoms with Crippen LogP contribution in [0.3, 0.4) is 0 Å². The maximum absolute atomic E-state index is 5.58. The molecule has 0 fully saturated rings. The van der Waals surface area contributed by atoms with Crippen LogP contribution < -0.4 is 10.6 Å². The Kier molecular flexibility index (Phi) is 3.22. The van der Waals surface area contributed by atoms with Gasteiger partial charge in [0, 0.05) is 18.8 Å². The van der Waals surface area contributed by atoms with Gasteiger partial charge in [-0.25, -0.2) is 4.99 Å². The highest BCUT2D eigenvalue weighted by Crippen LogP contribution is 2.22. The van der Waals surface area contributed by atoms with Crippen molar-refractivity contribution in [3.63, 3.8) is 0 Å². The zero-order valence-electron chi connectivity index (χ0n) is 10.4. The van der Waals surface area contributed by atoms with Crippen LogP contribution in [0.15, 0.2) is 35.3 Å². The number of hydrogen-bond acceptors (Lipinski definition) is 4. The molecule has 0 spiro atoms. The fourth-order valence-corrected chi connectivity index (χ4v) is 2.08. The number of benzene rings is 1. The number of anilines is 1. The first kappa shape index (κ1) is 11.8. The highest BCUT2D eigenvalue weighted by atomic mass is 16.5. The van der Waals surface area contributed by atoms with Gasteiger partial charge < -0.3 is 15.4 Å². The molecular formula is C13H19N3O. The number of nitrogens with zero attached hydrogens (tertiary/aromatic N) is 2. The van der Waals surface area contributed by atoms with Gasteiger partial charge >= 0.3 is 0 Å². The van der Waals surface area contributed by atoms with Crippen LogP contribution in [0, 0.1) is 0 Å². The summed E-state index contributed by atoms with van der Waals surface area (Å²) < 4.78 is 5.25. The largest absolute Gasteiger partial charge is 0.463 e. The smallest absolute Gasteiger partial charge is 0.282 e. The van der Waals surface area contributed by atoms with Crippen molar-refractivity contribution >= 4 is 11.7 Å². The standard InChI is InChI=1S/C13H19N3O/c1-3-16(11-7-5-4-6-8-11)9-13(2)10-17-12(14)15-13/h4-8H,3,9-10H2,1-2H3,(H2,14,15)/t13-/m0/s1. The van der Waals surface area contributed by atoms with Crippen LogP contribution in [0.5, 0.6) is 0 Å². The fourth-order valence-electron chi connectivity index (χ4n) is 2.08. The van der Waals surface area contributed by atoms with Gasteiger partial charge in [-0.2, -0.15) is 0 Å². The molecule has 1 aromatic rings. The van der Waals surface area contributed by atoms with Gasteiger partial charge in [0.2, 0.25) is 0 Å². The van der Waals surface area contributed by atoms with Gasteiger partial charge in [0.15, 0.2) is 0 Å². The van der Waals surface area contributed by atoms with Crippen LogP contribution in [0.25, 0.3) is 0 Å². The van der Waals surface area contributed by atoms with Gasteiger partial charge in [-0.3, -0.25) is 0 Å². The predicted octanol–water partition coefficient (Wildman–Crippen LogP) is 1.62. The summed E-state index contributed by atoms with van der Waals surface area (Å²) >= 11 is 0. The molecule has 1 aliphatic heterocycles. The number of nitrogens with two attached hydrogens (primary N) is 1. The number of para-hydroxylation sites is 1. The number of amidine groups is 1. The van der Waals surface area contributed by atoms with Crippen LogP contribution in [0.2, 0.25) is 0 Å². The van der Waals surface area contributed by atoms with E-state index in [9.17, 15) is 0 Å². The van der Waals surface area contributed by atoms with Crippen LogP contribution in [0.4, 0.5) is 5.69 Å². The van der Waals surface area contributed by atoms with Crippen LogP contribution in [-0.2, 0) is 4.74 Å². The number of aliphatic imine (C=N–C) groups is 1. The first-order valence-corrected chi connectivity index (χ1v) is 5.91. The van der Waals surface area contributed by atoms with E-state index in [1.54, 1.807) is 0 Å². The van der Waals surface area contributed by atoms with E-state index in [1.807, 2.05) is 18.2 Å². The molecule has 1 aromatic carbocycles. The summed E-state index contributed by atoms with van der Waals surface area (Å²) in [4.78, 5) is 6.65. The Morgan fingerprint density at radius 2 is 2.12 bits per heavy atom. The number of hydrogen-bond donors (Lipinski definition) is 1. The Labute approximate surface area is 102 Å². The van der Waals surface area contributed by atoms with E-state index in [1.165, 1.54) is 5.69 Å². The number of ether oxygens (including phenoxy) is 1. The lowest BCUT2D eigenvalue weighted by Crippen LogP contribution is -2.40. The molecule has 2 N–H and O–H groups in total. The zero-order valence-corrected chi connectivity index (χ0v) is 10.4. The molecule has 0 unspecified atom stereocenters. The van der Waals surface area contributed by atoms with Gasteiger partial charge in [0.05, 0.1) is 0 Å². The fraction of sp³-hybridized carbons (Fsp3) is 0.462. The Hall–Kier alpha value is -1.71. The Balaban J connectivity index is 2.11. The molecule has 0 aromatic heterocycles. The summed E-state index contributed by atoms with van der Waals surface area (Å²) in [7, 11) is 0. The van der Waals surface area contributed by atoms with E-state index in [4.69, 9.17) is 10.5 Å². The van der Waals surface area contributed by atoms with Gasteiger partial charge in [-0.1, -0.05) is 18.2 Å². The molecule has 1 heterocycles. The van der Waals surface area contributed by atoms with Crippen molar-refractivity contribution in [2.75, 3.05) is 24.6 Å². The second-order valence-corrected chi connectivity index (χ2v) is 4.59. The second-order valence-electron chi connectivity index (χ2n) is 4.59. The van der Waals surface area contributed by atoms with Crippen molar-refractivity contribution in [1.82, 2.24) is 0 Å². The lowest BCUT2D eigenvalue weighted by molar-refractivity contribution is 0.266. The molecular weight excluding hydrogens is 214 g/mol. The zero-order chi connectivity index (χ0) is 12.3. The molecule has 0 saturated carbocycles. The van der Waals surface area contributed by atoms with Crippen molar-refractivity contribution in [2.24, 2.45) is 10.7 Å². The SMILES string of the molecule is CCN(C[C@@]1(C)COC(N)=N1)c1ccccc1. The molecule has 17 heavy (non-hydrogen) atoms. The highest BCUT2D eigenvalue weighted by molar-refractivity contribution is 5.73. The van der Waals surface area contributed by atoms with Crippen LogP contribution in [-0.4, -0.2) is 31.3 Å². The number of likely N-dealkylation sites (N-methyl/N-ethyl adjacent to an activating group) is 1. The molecule has 4 heteroatoms. The second kappa shape index (κ2) is 4.65. The van der Waals surface area contributed by atoms with Gasteiger partial charge in [0.25, 0.3) is 6.02 Å². The van der Waals surface area contributed by atoms with E-state index in [-0.39, 0.29) is 5.54 Å². The lowest BCUT2D eigenvalue weighted by atomic mass is 10.0. The monoisotopic (exact) mass is 233 g/mol. The Bertz CT molecular complexity index is 404. The quantitative estimate of drug-likeness (QED) is 0.859. The van der Waals surface area contributed by atoms with E-state index in [2.05, 4.69) is 35.9 Å². The summed E-state index contributed by atoms with van der Waals surface area (Å²) in [6.45, 7) is 6.52. The molecule has 2 rings (SSSR count). The summed E-state index contributed by atoms with van der Waals surface area (Å²) in [5, 5.41) is 0. The molecule has 0 bridgehead atoms. The normalized spacial score (nSPS) is 23.1. The third-order valence-corrected chi connectivity index (χ3v) is 2.95. The molecule has 1 aliphatic rings. The van der Waals surface area contributed by atoms with Crippen molar-refractivity contribution < 1.29 is 4.74 Å². The van der Waals surface area contributed by atoms with E-state index in [0.29, 0.717) is 12.6 Å². The first-order chi connectivity index (χ1) is 8.13. The van der Waals surface area contributed by atoms with Gasteiger partial charge in [-0.05, 0) is 26.0 Å². The summed E-state index contributed by atoms with van der Waals surface area (Å²) in [6.07, 6.45) is 0. The molecule has 1 atom stereocenters. The first-order valence-electron chi connectivity index (χ1n) is 5.91. The highest BCUT2D eigenvalue weighted by Gasteiger charge is 2.32. The molecule has 92 valence electrons. The van der Waals surface area contributed by atoms with Crippen molar-refractivity contribution in [3.05, 3.63) is 30.3 Å². The average molecular weight is 233 g/mol. The molecule has 0 amide bonds.